The molecule has 2 rings (SSSR count). The van der Waals surface area contributed by atoms with Gasteiger partial charge in [0.1, 0.15) is 5.52 Å². The Balaban J connectivity index is 0.000000720. The third-order valence-electron chi connectivity index (χ3n) is 1.40. The second-order valence-corrected chi connectivity index (χ2v) is 2.05. The highest BCUT2D eigenvalue weighted by Crippen LogP contribution is 2.18. The van der Waals surface area contributed by atoms with Gasteiger partial charge in [0.25, 0.3) is 0 Å². The average molecular weight is 182 g/mol. The Hall–Kier alpha value is -1.67. The number of diazo groups is 1. The lowest BCUT2D eigenvalue weighted by Crippen LogP contribution is -3.00. The van der Waals surface area contributed by atoms with Crippen LogP contribution in [-0.4, -0.2) is 15.2 Å². The molecule has 12 heavy (non-hydrogen) atoms. The zero-order chi connectivity index (χ0) is 7.68. The second-order valence-electron chi connectivity index (χ2n) is 2.05. The van der Waals surface area contributed by atoms with Crippen LogP contribution in [0.4, 0.5) is 5.82 Å². The minimum atomic E-state index is 0. The molecule has 5 nitrogen and oxygen atoms in total. The van der Waals surface area contributed by atoms with Crippen LogP contribution in [0.3, 0.4) is 0 Å². The molecule has 0 aliphatic carbocycles. The van der Waals surface area contributed by atoms with E-state index in [2.05, 4.69) is 20.2 Å². The van der Waals surface area contributed by atoms with Gasteiger partial charge in [-0.15, -0.1) is 0 Å². The van der Waals surface area contributed by atoms with Gasteiger partial charge in [-0.3, -0.25) is 0 Å². The quantitative estimate of drug-likeness (QED) is 0.500. The lowest BCUT2D eigenvalue weighted by Gasteiger charge is -1.78. The van der Waals surface area contributed by atoms with Crippen LogP contribution in [0.15, 0.2) is 18.3 Å². The van der Waals surface area contributed by atoms with Gasteiger partial charge in [-0.25, -0.2) is 4.98 Å². The largest absolute Gasteiger partial charge is 1.00 e. The fourth-order valence-corrected chi connectivity index (χ4v) is 0.910. The van der Waals surface area contributed by atoms with E-state index in [4.69, 9.17) is 5.39 Å². The SMILES string of the molecule is N#[N+]c1n[nH]c2cccnc12.[Cl-]. The van der Waals surface area contributed by atoms with Gasteiger partial charge in [0.15, 0.2) is 0 Å². The van der Waals surface area contributed by atoms with E-state index in [1.807, 2.05) is 6.07 Å². The molecule has 2 aromatic rings. The first-order valence-corrected chi connectivity index (χ1v) is 3.06. The van der Waals surface area contributed by atoms with Crippen molar-refractivity contribution in [2.45, 2.75) is 0 Å². The van der Waals surface area contributed by atoms with Crippen LogP contribution in [0.5, 0.6) is 0 Å². The number of halogens is 1. The molecule has 0 saturated heterocycles. The first kappa shape index (κ1) is 8.43. The number of hydrogen-bond donors (Lipinski definition) is 1. The molecule has 0 unspecified atom stereocenters. The van der Waals surface area contributed by atoms with Gasteiger partial charge in [0.2, 0.25) is 5.52 Å². The molecule has 1 N–H and O–H groups in total. The van der Waals surface area contributed by atoms with Crippen molar-refractivity contribution < 1.29 is 12.4 Å². The minimum Gasteiger partial charge on any atom is -1.00 e. The third-order valence-corrected chi connectivity index (χ3v) is 1.40. The summed E-state index contributed by atoms with van der Waals surface area (Å²) < 4.78 is 0. The highest BCUT2D eigenvalue weighted by Gasteiger charge is 2.16. The fourth-order valence-electron chi connectivity index (χ4n) is 0.910. The molecule has 0 aliphatic rings. The van der Waals surface area contributed by atoms with E-state index >= 15 is 0 Å². The summed E-state index contributed by atoms with van der Waals surface area (Å²) in [6, 6.07) is 3.59. The monoisotopic (exact) mass is 181 g/mol. The maximum absolute atomic E-state index is 8.43. The molecule has 2 heterocycles. The number of hydrogen-bond acceptors (Lipinski definition) is 3. The number of aromatic nitrogens is 3. The van der Waals surface area contributed by atoms with E-state index in [0.29, 0.717) is 5.52 Å². The Labute approximate surface area is 73.8 Å². The molecule has 0 aliphatic heterocycles. The Kier molecular flexibility index (Phi) is 2.21. The number of aromatic amines is 1. The molecule has 0 amide bonds. The van der Waals surface area contributed by atoms with E-state index in [1.165, 1.54) is 0 Å². The zero-order valence-corrected chi connectivity index (χ0v) is 6.65. The van der Waals surface area contributed by atoms with Crippen molar-refractivity contribution in [3.63, 3.8) is 0 Å². The Morgan fingerprint density at radius 2 is 2.33 bits per heavy atom. The summed E-state index contributed by atoms with van der Waals surface area (Å²) in [5.74, 6) is 0.223. The van der Waals surface area contributed by atoms with Gasteiger partial charge < -0.3 is 12.4 Å². The molecule has 0 atom stereocenters. The summed E-state index contributed by atoms with van der Waals surface area (Å²) in [6.45, 7) is 0. The van der Waals surface area contributed by atoms with Crippen molar-refractivity contribution in [3.8, 4) is 0 Å². The van der Waals surface area contributed by atoms with Crippen LogP contribution in [-0.2, 0) is 0 Å². The predicted molar refractivity (Wildman–Crippen MR) is 38.6 cm³/mol. The lowest BCUT2D eigenvalue weighted by molar-refractivity contribution is -0.00000258. The van der Waals surface area contributed by atoms with Crippen LogP contribution in [0.25, 0.3) is 16.0 Å². The molecule has 0 aromatic carbocycles. The summed E-state index contributed by atoms with van der Waals surface area (Å²) >= 11 is 0. The van der Waals surface area contributed by atoms with Crippen molar-refractivity contribution in [2.24, 2.45) is 0 Å². The number of H-pyrrole nitrogens is 1. The summed E-state index contributed by atoms with van der Waals surface area (Å²) in [4.78, 5) is 6.92. The normalized spacial score (nSPS) is 8.92. The summed E-state index contributed by atoms with van der Waals surface area (Å²) in [5, 5.41) is 14.8. The molecular weight excluding hydrogens is 178 g/mol. The number of fused-ring (bicyclic) bond motifs is 1. The van der Waals surface area contributed by atoms with Gasteiger partial charge in [-0.2, -0.15) is 5.10 Å². The van der Waals surface area contributed by atoms with E-state index in [0.717, 1.165) is 5.52 Å². The van der Waals surface area contributed by atoms with Crippen molar-refractivity contribution in [1.82, 2.24) is 15.2 Å². The topological polar surface area (TPSA) is 69.7 Å². The van der Waals surface area contributed by atoms with E-state index in [-0.39, 0.29) is 18.2 Å². The van der Waals surface area contributed by atoms with Gasteiger partial charge in [-0.05, 0) is 12.1 Å². The first-order valence-electron chi connectivity index (χ1n) is 3.06. The van der Waals surface area contributed by atoms with Crippen LogP contribution in [0.1, 0.15) is 0 Å². The molecular formula is C6H4ClN5. The Bertz CT molecular complexity index is 429. The van der Waals surface area contributed by atoms with E-state index < -0.39 is 0 Å². The predicted octanol–water partition coefficient (Wildman–Crippen LogP) is -1.55. The van der Waals surface area contributed by atoms with Gasteiger partial charge in [0, 0.05) is 11.2 Å². The first-order chi connectivity index (χ1) is 5.42. The summed E-state index contributed by atoms with van der Waals surface area (Å²) in [5.41, 5.74) is 1.34. The zero-order valence-electron chi connectivity index (χ0n) is 5.90. The molecule has 0 radical (unpaired) electrons. The highest BCUT2D eigenvalue weighted by atomic mass is 35.5. The van der Waals surface area contributed by atoms with Crippen molar-refractivity contribution in [3.05, 3.63) is 23.3 Å². The standard InChI is InChI=1S/C6H4N5.ClH/c7-9-6-5-4(10-11-6)2-1-3-8-5;/h1-3H,(H,10,11);1H/q+1;/p-1. The summed E-state index contributed by atoms with van der Waals surface area (Å²) in [7, 11) is 0. The smallest absolute Gasteiger partial charge is 0.513 e. The molecule has 6 heteroatoms. The van der Waals surface area contributed by atoms with Crippen molar-refractivity contribution in [1.29, 1.82) is 5.39 Å². The highest BCUT2D eigenvalue weighted by molar-refractivity contribution is 5.85. The van der Waals surface area contributed by atoms with Crippen LogP contribution < -0.4 is 12.4 Å². The van der Waals surface area contributed by atoms with Crippen LogP contribution in [0.2, 0.25) is 0 Å². The maximum Gasteiger partial charge on any atom is 0.513 e. The molecule has 0 spiro atoms. The van der Waals surface area contributed by atoms with Crippen molar-refractivity contribution in [2.75, 3.05) is 0 Å². The second kappa shape index (κ2) is 3.15. The van der Waals surface area contributed by atoms with E-state index in [9.17, 15) is 0 Å². The van der Waals surface area contributed by atoms with Crippen LogP contribution >= 0.6 is 0 Å². The van der Waals surface area contributed by atoms with Crippen molar-refractivity contribution >= 4 is 16.9 Å². The number of nitrogens with zero attached hydrogens (tertiary/aromatic N) is 4. The lowest BCUT2D eigenvalue weighted by atomic mass is 10.4. The number of nitrogens with one attached hydrogen (secondary N) is 1. The van der Waals surface area contributed by atoms with E-state index in [1.54, 1.807) is 12.3 Å². The minimum absolute atomic E-state index is 0. The number of rotatable bonds is 0. The third kappa shape index (κ3) is 1.08. The molecule has 0 fully saturated rings. The summed E-state index contributed by atoms with van der Waals surface area (Å²) in [6.07, 6.45) is 1.62. The Morgan fingerprint density at radius 1 is 1.50 bits per heavy atom. The number of pyridine rings is 1. The van der Waals surface area contributed by atoms with Crippen LogP contribution in [0, 0.1) is 5.39 Å². The average Bonchev–Trinajstić information content (AvgIpc) is 2.47. The maximum atomic E-state index is 8.43. The van der Waals surface area contributed by atoms with Gasteiger partial charge in [0.05, 0.1) is 10.5 Å². The molecule has 2 aromatic heterocycles. The fraction of sp³-hybridized carbons (Fsp3) is 0. The Morgan fingerprint density at radius 3 is 3.08 bits per heavy atom. The van der Waals surface area contributed by atoms with Gasteiger partial charge >= 0.3 is 5.82 Å². The van der Waals surface area contributed by atoms with Gasteiger partial charge in [-0.1, -0.05) is 0 Å². The molecule has 0 saturated carbocycles. The molecule has 0 bridgehead atoms. The molecule has 60 valence electrons.